The number of ether oxygens (including phenoxy) is 1. The normalized spacial score (nSPS) is 10.0. The van der Waals surface area contributed by atoms with Crippen molar-refractivity contribution in [2.45, 2.75) is 6.54 Å². The predicted octanol–water partition coefficient (Wildman–Crippen LogP) is 1.62. The first kappa shape index (κ1) is 15.5. The van der Waals surface area contributed by atoms with E-state index in [4.69, 9.17) is 10.5 Å². The van der Waals surface area contributed by atoms with Crippen molar-refractivity contribution in [2.24, 2.45) is 5.73 Å². The quantitative estimate of drug-likeness (QED) is 0.850. The molecule has 0 aliphatic carbocycles. The Bertz CT molecular complexity index is 671. The monoisotopic (exact) mass is 302 g/mol. The third-order valence-electron chi connectivity index (χ3n) is 2.84. The highest BCUT2D eigenvalue weighted by molar-refractivity contribution is 5.94. The molecule has 0 saturated carbocycles. The highest BCUT2D eigenvalue weighted by Crippen LogP contribution is 2.13. The first-order valence-electron chi connectivity index (χ1n) is 6.58. The Balaban J connectivity index is 1.95. The van der Waals surface area contributed by atoms with E-state index in [2.05, 4.69) is 5.32 Å². The number of hydrogen-bond donors (Lipinski definition) is 2. The van der Waals surface area contributed by atoms with Gasteiger partial charge < -0.3 is 15.8 Å². The number of carbonyl (C=O) groups is 2. The number of nitrogens with one attached hydrogen (secondary N) is 1. The van der Waals surface area contributed by atoms with E-state index < -0.39 is 5.91 Å². The second-order valence-corrected chi connectivity index (χ2v) is 4.59. The molecule has 0 atom stereocenters. The average Bonchev–Trinajstić information content (AvgIpc) is 2.52. The van der Waals surface area contributed by atoms with E-state index in [1.165, 1.54) is 18.2 Å². The Kier molecular flexibility index (Phi) is 5.08. The lowest BCUT2D eigenvalue weighted by molar-refractivity contribution is -0.119. The summed E-state index contributed by atoms with van der Waals surface area (Å²) in [6, 6.07) is 12.3. The maximum Gasteiger partial charge on any atom is 0.255 e. The predicted molar refractivity (Wildman–Crippen MR) is 78.7 cm³/mol. The van der Waals surface area contributed by atoms with Gasteiger partial charge >= 0.3 is 0 Å². The van der Waals surface area contributed by atoms with Crippen LogP contribution in [0.1, 0.15) is 15.9 Å². The molecule has 0 bridgehead atoms. The summed E-state index contributed by atoms with van der Waals surface area (Å²) in [6.45, 7) is 0.0339. The lowest BCUT2D eigenvalue weighted by Gasteiger charge is -2.08. The van der Waals surface area contributed by atoms with Gasteiger partial charge in [-0.05, 0) is 35.9 Å². The number of rotatable bonds is 6. The summed E-state index contributed by atoms with van der Waals surface area (Å²) in [5.74, 6) is -0.831. The van der Waals surface area contributed by atoms with Crippen molar-refractivity contribution in [1.29, 1.82) is 0 Å². The Morgan fingerprint density at radius 2 is 1.86 bits per heavy atom. The van der Waals surface area contributed by atoms with Crippen LogP contribution < -0.4 is 15.8 Å². The van der Waals surface area contributed by atoms with Gasteiger partial charge in [-0.15, -0.1) is 0 Å². The fraction of sp³-hybridized carbons (Fsp3) is 0.125. The van der Waals surface area contributed by atoms with Gasteiger partial charge in [0.1, 0.15) is 11.6 Å². The second kappa shape index (κ2) is 7.21. The van der Waals surface area contributed by atoms with Crippen LogP contribution in [0.3, 0.4) is 0 Å². The summed E-state index contributed by atoms with van der Waals surface area (Å²) in [6.07, 6.45) is 0. The minimum Gasteiger partial charge on any atom is -0.484 e. The van der Waals surface area contributed by atoms with Gasteiger partial charge in [-0.3, -0.25) is 9.59 Å². The molecule has 6 heteroatoms. The zero-order valence-electron chi connectivity index (χ0n) is 11.7. The number of benzene rings is 2. The molecule has 0 aliphatic heterocycles. The third-order valence-corrected chi connectivity index (χ3v) is 2.84. The molecule has 22 heavy (non-hydrogen) atoms. The van der Waals surface area contributed by atoms with Crippen molar-refractivity contribution in [2.75, 3.05) is 6.61 Å². The fourth-order valence-corrected chi connectivity index (χ4v) is 1.77. The lowest BCUT2D eigenvalue weighted by Crippen LogP contribution is -2.23. The Morgan fingerprint density at radius 3 is 2.55 bits per heavy atom. The van der Waals surface area contributed by atoms with E-state index in [9.17, 15) is 14.0 Å². The molecular weight excluding hydrogens is 287 g/mol. The molecule has 2 aromatic carbocycles. The highest BCUT2D eigenvalue weighted by atomic mass is 19.1. The van der Waals surface area contributed by atoms with Gasteiger partial charge in [-0.1, -0.05) is 18.2 Å². The zero-order chi connectivity index (χ0) is 15.9. The maximum absolute atomic E-state index is 12.8. The fourth-order valence-electron chi connectivity index (χ4n) is 1.77. The lowest BCUT2D eigenvalue weighted by atomic mass is 10.2. The van der Waals surface area contributed by atoms with Crippen LogP contribution in [0.5, 0.6) is 5.75 Å². The molecule has 0 aliphatic rings. The standard InChI is InChI=1S/C16H15FN2O3/c17-13-6-4-11(5-7-13)9-19-16(21)12-2-1-3-14(8-12)22-10-15(18)20/h1-8H,9-10H2,(H2,18,20)(H,19,21). The molecule has 0 spiro atoms. The molecule has 2 amide bonds. The van der Waals surface area contributed by atoms with Crippen LogP contribution in [0.15, 0.2) is 48.5 Å². The Labute approximate surface area is 126 Å². The van der Waals surface area contributed by atoms with Crippen LogP contribution >= 0.6 is 0 Å². The molecule has 3 N–H and O–H groups in total. The minimum atomic E-state index is -0.592. The van der Waals surface area contributed by atoms with Gasteiger partial charge in [-0.25, -0.2) is 4.39 Å². The van der Waals surface area contributed by atoms with Crippen LogP contribution in [0, 0.1) is 5.82 Å². The molecule has 2 aromatic rings. The second-order valence-electron chi connectivity index (χ2n) is 4.59. The number of hydrogen-bond acceptors (Lipinski definition) is 3. The maximum atomic E-state index is 12.8. The summed E-state index contributed by atoms with van der Waals surface area (Å²) in [4.78, 5) is 22.7. The van der Waals surface area contributed by atoms with Gasteiger partial charge in [0.15, 0.2) is 6.61 Å². The van der Waals surface area contributed by atoms with E-state index in [0.717, 1.165) is 5.56 Å². The zero-order valence-corrected chi connectivity index (χ0v) is 11.7. The first-order valence-corrected chi connectivity index (χ1v) is 6.58. The highest BCUT2D eigenvalue weighted by Gasteiger charge is 2.07. The summed E-state index contributed by atoms with van der Waals surface area (Å²) < 4.78 is 17.9. The molecule has 114 valence electrons. The number of amides is 2. The molecule has 5 nitrogen and oxygen atoms in total. The van der Waals surface area contributed by atoms with Crippen LogP contribution in [-0.2, 0) is 11.3 Å². The first-order chi connectivity index (χ1) is 10.5. The van der Waals surface area contributed by atoms with E-state index in [1.54, 1.807) is 30.3 Å². The van der Waals surface area contributed by atoms with E-state index in [1.807, 2.05) is 0 Å². The number of primary amides is 1. The van der Waals surface area contributed by atoms with Crippen molar-refractivity contribution in [1.82, 2.24) is 5.32 Å². The van der Waals surface area contributed by atoms with E-state index in [0.29, 0.717) is 11.3 Å². The van der Waals surface area contributed by atoms with Crippen LogP contribution in [0.25, 0.3) is 0 Å². The smallest absolute Gasteiger partial charge is 0.255 e. The van der Waals surface area contributed by atoms with Gasteiger partial charge in [0.05, 0.1) is 0 Å². The van der Waals surface area contributed by atoms with E-state index >= 15 is 0 Å². The minimum absolute atomic E-state index is 0.249. The van der Waals surface area contributed by atoms with Crippen molar-refractivity contribution in [3.8, 4) is 5.75 Å². The molecule has 0 heterocycles. The summed E-state index contributed by atoms with van der Waals surface area (Å²) in [7, 11) is 0. The van der Waals surface area contributed by atoms with Crippen LogP contribution in [0.2, 0.25) is 0 Å². The topological polar surface area (TPSA) is 81.4 Å². The number of carbonyl (C=O) groups excluding carboxylic acids is 2. The Morgan fingerprint density at radius 1 is 1.14 bits per heavy atom. The summed E-state index contributed by atoms with van der Waals surface area (Å²) in [5, 5.41) is 2.72. The van der Waals surface area contributed by atoms with E-state index in [-0.39, 0.29) is 24.9 Å². The van der Waals surface area contributed by atoms with Gasteiger partial charge in [0, 0.05) is 12.1 Å². The molecule has 2 rings (SSSR count). The largest absolute Gasteiger partial charge is 0.484 e. The van der Waals surface area contributed by atoms with Gasteiger partial charge in [0.25, 0.3) is 11.8 Å². The molecule has 0 aromatic heterocycles. The van der Waals surface area contributed by atoms with Crippen molar-refractivity contribution in [3.63, 3.8) is 0 Å². The number of nitrogens with two attached hydrogens (primary N) is 1. The molecule has 0 saturated heterocycles. The van der Waals surface area contributed by atoms with Gasteiger partial charge in [0.2, 0.25) is 0 Å². The SMILES string of the molecule is NC(=O)COc1cccc(C(=O)NCc2ccc(F)cc2)c1. The summed E-state index contributed by atoms with van der Waals surface area (Å²) in [5.41, 5.74) is 6.17. The average molecular weight is 302 g/mol. The van der Waals surface area contributed by atoms with Crippen LogP contribution in [-0.4, -0.2) is 18.4 Å². The Hall–Kier alpha value is -2.89. The molecule has 0 radical (unpaired) electrons. The molecule has 0 fully saturated rings. The number of halogens is 1. The van der Waals surface area contributed by atoms with Crippen molar-refractivity contribution >= 4 is 11.8 Å². The molecular formula is C16H15FN2O3. The third kappa shape index (κ3) is 4.59. The molecule has 0 unspecified atom stereocenters. The van der Waals surface area contributed by atoms with Crippen LogP contribution in [0.4, 0.5) is 4.39 Å². The van der Waals surface area contributed by atoms with Gasteiger partial charge in [-0.2, -0.15) is 0 Å². The summed E-state index contributed by atoms with van der Waals surface area (Å²) >= 11 is 0. The van der Waals surface area contributed by atoms with Crippen molar-refractivity contribution < 1.29 is 18.7 Å². The van der Waals surface area contributed by atoms with Crippen molar-refractivity contribution in [3.05, 3.63) is 65.5 Å².